The Morgan fingerprint density at radius 3 is 2.13 bits per heavy atom. The molecule has 5 heteroatoms. The molecule has 0 unspecified atom stereocenters. The molecule has 1 aliphatic rings. The highest BCUT2D eigenvalue weighted by Gasteiger charge is 2.22. The van der Waals surface area contributed by atoms with E-state index in [0.717, 1.165) is 22.6 Å². The van der Waals surface area contributed by atoms with Crippen molar-refractivity contribution < 1.29 is 23.7 Å². The fourth-order valence-corrected chi connectivity index (χ4v) is 2.76. The lowest BCUT2D eigenvalue weighted by Gasteiger charge is -2.18. The third-order valence-electron chi connectivity index (χ3n) is 4.10. The van der Waals surface area contributed by atoms with Gasteiger partial charge >= 0.3 is 0 Å². The maximum atomic E-state index is 5.52. The molecule has 0 N–H and O–H groups in total. The molecule has 2 aromatic carbocycles. The summed E-state index contributed by atoms with van der Waals surface area (Å²) in [5.74, 6) is 3.74. The van der Waals surface area contributed by atoms with Gasteiger partial charge in [0.25, 0.3) is 0 Å². The molecule has 0 saturated carbocycles. The molecule has 0 fully saturated rings. The molecule has 1 atom stereocenters. The molecule has 0 spiro atoms. The van der Waals surface area contributed by atoms with Crippen LogP contribution in [0.25, 0.3) is 0 Å². The van der Waals surface area contributed by atoms with E-state index in [0.29, 0.717) is 17.2 Å². The summed E-state index contributed by atoms with van der Waals surface area (Å²) >= 11 is 0. The monoisotopic (exact) mass is 316 g/mol. The minimum atomic E-state index is 0.0965. The van der Waals surface area contributed by atoms with E-state index in [1.165, 1.54) is 0 Å². The molecule has 1 heterocycles. The molecule has 5 nitrogen and oxygen atoms in total. The molecule has 1 aliphatic heterocycles. The first-order chi connectivity index (χ1) is 11.2. The van der Waals surface area contributed by atoms with Gasteiger partial charge in [-0.15, -0.1) is 0 Å². The van der Waals surface area contributed by atoms with Gasteiger partial charge in [0, 0.05) is 17.5 Å². The van der Waals surface area contributed by atoms with Crippen LogP contribution in [-0.4, -0.2) is 28.1 Å². The molecule has 23 heavy (non-hydrogen) atoms. The second-order valence-corrected chi connectivity index (χ2v) is 5.28. The summed E-state index contributed by atoms with van der Waals surface area (Å²) in [5.41, 5.74) is 2.13. The number of ether oxygens (including phenoxy) is 5. The van der Waals surface area contributed by atoms with Crippen molar-refractivity contribution in [3.8, 4) is 28.7 Å². The van der Waals surface area contributed by atoms with E-state index in [-0.39, 0.29) is 12.7 Å². The van der Waals surface area contributed by atoms with Gasteiger partial charge in [0.2, 0.25) is 6.79 Å². The molecular weight excluding hydrogens is 296 g/mol. The van der Waals surface area contributed by atoms with Crippen LogP contribution in [0, 0.1) is 0 Å². The number of benzene rings is 2. The highest BCUT2D eigenvalue weighted by molar-refractivity contribution is 5.55. The van der Waals surface area contributed by atoms with Gasteiger partial charge in [0.1, 0.15) is 5.75 Å². The quantitative estimate of drug-likeness (QED) is 0.843. The second-order valence-electron chi connectivity index (χ2n) is 5.28. The summed E-state index contributed by atoms with van der Waals surface area (Å²) in [6.07, 6.45) is 0. The zero-order chi connectivity index (χ0) is 16.4. The number of methoxy groups -OCH3 is 3. The zero-order valence-corrected chi connectivity index (χ0v) is 13.7. The van der Waals surface area contributed by atoms with E-state index in [2.05, 4.69) is 6.92 Å². The van der Waals surface area contributed by atoms with Crippen LogP contribution < -0.4 is 23.7 Å². The van der Waals surface area contributed by atoms with Gasteiger partial charge in [0.15, 0.2) is 23.0 Å². The molecule has 0 radical (unpaired) electrons. The lowest BCUT2D eigenvalue weighted by Crippen LogP contribution is -2.01. The van der Waals surface area contributed by atoms with Gasteiger partial charge in [-0.3, -0.25) is 0 Å². The number of rotatable bonds is 5. The summed E-state index contributed by atoms with van der Waals surface area (Å²) in [6.45, 7) is 2.36. The number of hydrogen-bond donors (Lipinski definition) is 0. The highest BCUT2D eigenvalue weighted by atomic mass is 16.7. The smallest absolute Gasteiger partial charge is 0.231 e. The Hall–Kier alpha value is -2.56. The minimum absolute atomic E-state index is 0.0965. The first kappa shape index (κ1) is 15.3. The van der Waals surface area contributed by atoms with Crippen LogP contribution in [0.1, 0.15) is 24.0 Å². The van der Waals surface area contributed by atoms with Crippen molar-refractivity contribution in [3.05, 3.63) is 41.5 Å². The molecule has 0 aromatic heterocycles. The molecule has 0 aliphatic carbocycles. The van der Waals surface area contributed by atoms with Gasteiger partial charge in [-0.25, -0.2) is 0 Å². The Labute approximate surface area is 135 Å². The zero-order valence-electron chi connectivity index (χ0n) is 13.7. The Morgan fingerprint density at radius 2 is 1.48 bits per heavy atom. The van der Waals surface area contributed by atoms with Crippen molar-refractivity contribution in [1.82, 2.24) is 0 Å². The van der Waals surface area contributed by atoms with Crippen LogP contribution in [0.15, 0.2) is 30.3 Å². The standard InChI is InChI=1S/C18H20O5/c1-11(12-5-6-14(19-2)16(7-12)21-4)13-8-17-18(23-10-22-17)9-15(13)20-3/h5-9,11H,10H2,1-4H3/t11-/m0/s1. The van der Waals surface area contributed by atoms with E-state index in [1.54, 1.807) is 21.3 Å². The minimum Gasteiger partial charge on any atom is -0.496 e. The molecule has 0 bridgehead atoms. The maximum absolute atomic E-state index is 5.52. The lowest BCUT2D eigenvalue weighted by molar-refractivity contribution is 0.174. The largest absolute Gasteiger partial charge is 0.496 e. The van der Waals surface area contributed by atoms with Crippen molar-refractivity contribution in [3.63, 3.8) is 0 Å². The average Bonchev–Trinajstić information content (AvgIpc) is 3.06. The van der Waals surface area contributed by atoms with Crippen molar-refractivity contribution >= 4 is 0 Å². The average molecular weight is 316 g/mol. The molecular formula is C18H20O5. The highest BCUT2D eigenvalue weighted by Crippen LogP contribution is 2.43. The normalized spacial score (nSPS) is 13.6. The van der Waals surface area contributed by atoms with E-state index in [1.807, 2.05) is 30.3 Å². The van der Waals surface area contributed by atoms with E-state index in [4.69, 9.17) is 23.7 Å². The topological polar surface area (TPSA) is 46.2 Å². The van der Waals surface area contributed by atoms with Crippen molar-refractivity contribution in [2.45, 2.75) is 12.8 Å². The summed E-state index contributed by atoms with van der Waals surface area (Å²) in [4.78, 5) is 0. The Balaban J connectivity index is 2.01. The van der Waals surface area contributed by atoms with Crippen LogP contribution in [0.5, 0.6) is 28.7 Å². The van der Waals surface area contributed by atoms with Gasteiger partial charge < -0.3 is 23.7 Å². The maximum Gasteiger partial charge on any atom is 0.231 e. The fourth-order valence-electron chi connectivity index (χ4n) is 2.76. The van der Waals surface area contributed by atoms with Crippen LogP contribution in [0.4, 0.5) is 0 Å². The predicted octanol–water partition coefficient (Wildman–Crippen LogP) is 3.59. The Morgan fingerprint density at radius 1 is 0.826 bits per heavy atom. The molecule has 3 rings (SSSR count). The van der Waals surface area contributed by atoms with Crippen molar-refractivity contribution in [2.75, 3.05) is 28.1 Å². The van der Waals surface area contributed by atoms with Crippen LogP contribution >= 0.6 is 0 Å². The van der Waals surface area contributed by atoms with Gasteiger partial charge in [0.05, 0.1) is 21.3 Å². The van der Waals surface area contributed by atoms with Crippen molar-refractivity contribution in [1.29, 1.82) is 0 Å². The van der Waals surface area contributed by atoms with Crippen molar-refractivity contribution in [2.24, 2.45) is 0 Å². The fraction of sp³-hybridized carbons (Fsp3) is 0.333. The van der Waals surface area contributed by atoms with Crippen LogP contribution in [0.2, 0.25) is 0 Å². The molecule has 122 valence electrons. The van der Waals surface area contributed by atoms with E-state index in [9.17, 15) is 0 Å². The SMILES string of the molecule is COc1ccc([C@H](C)c2cc3c(cc2OC)OCO3)cc1OC. The first-order valence-electron chi connectivity index (χ1n) is 7.37. The summed E-state index contributed by atoms with van der Waals surface area (Å²) in [5, 5.41) is 0. The van der Waals surface area contributed by atoms with Gasteiger partial charge in [-0.1, -0.05) is 13.0 Å². The summed E-state index contributed by atoms with van der Waals surface area (Å²) in [7, 11) is 4.91. The first-order valence-corrected chi connectivity index (χ1v) is 7.37. The third kappa shape index (κ3) is 2.74. The van der Waals surface area contributed by atoms with Gasteiger partial charge in [-0.2, -0.15) is 0 Å². The third-order valence-corrected chi connectivity index (χ3v) is 4.10. The lowest BCUT2D eigenvalue weighted by atomic mass is 9.91. The number of fused-ring (bicyclic) bond motifs is 1. The predicted molar refractivity (Wildman–Crippen MR) is 86.2 cm³/mol. The molecule has 0 saturated heterocycles. The Kier molecular flexibility index (Phi) is 4.19. The van der Waals surface area contributed by atoms with Crippen LogP contribution in [-0.2, 0) is 0 Å². The Bertz CT molecular complexity index is 711. The molecule has 0 amide bonds. The summed E-state index contributed by atoms with van der Waals surface area (Å²) in [6, 6.07) is 9.76. The van der Waals surface area contributed by atoms with E-state index < -0.39 is 0 Å². The van der Waals surface area contributed by atoms with E-state index >= 15 is 0 Å². The molecule has 2 aromatic rings. The number of hydrogen-bond acceptors (Lipinski definition) is 5. The summed E-state index contributed by atoms with van der Waals surface area (Å²) < 4.78 is 27.1. The second kappa shape index (κ2) is 6.28. The van der Waals surface area contributed by atoms with Gasteiger partial charge in [-0.05, 0) is 23.8 Å². The van der Waals surface area contributed by atoms with Crippen LogP contribution in [0.3, 0.4) is 0 Å².